The number of aromatic amines is 1. The zero-order valence-electron chi connectivity index (χ0n) is 14.0. The normalized spacial score (nSPS) is 18.0. The maximum Gasteiger partial charge on any atom is 0.303 e. The second kappa shape index (κ2) is 7.07. The monoisotopic (exact) mass is 328 g/mol. The third-order valence-corrected chi connectivity index (χ3v) is 4.90. The average Bonchev–Trinajstić information content (AvgIpc) is 2.95. The fourth-order valence-corrected chi connectivity index (χ4v) is 3.58. The van der Waals surface area contributed by atoms with Gasteiger partial charge in [-0.15, -0.1) is 0 Å². The molecule has 5 nitrogen and oxygen atoms in total. The van der Waals surface area contributed by atoms with E-state index in [0.717, 1.165) is 35.9 Å². The third-order valence-electron chi connectivity index (χ3n) is 4.90. The lowest BCUT2D eigenvalue weighted by Crippen LogP contribution is -2.40. The van der Waals surface area contributed by atoms with Crippen molar-refractivity contribution in [2.75, 3.05) is 13.1 Å². The maximum atomic E-state index is 12.7. The lowest BCUT2D eigenvalue weighted by atomic mass is 9.93. The number of H-pyrrole nitrogens is 1. The van der Waals surface area contributed by atoms with Crippen LogP contribution in [-0.4, -0.2) is 40.0 Å². The highest BCUT2D eigenvalue weighted by Crippen LogP contribution is 2.24. The van der Waals surface area contributed by atoms with E-state index >= 15 is 0 Å². The quantitative estimate of drug-likeness (QED) is 0.885. The van der Waals surface area contributed by atoms with Gasteiger partial charge in [0.15, 0.2) is 0 Å². The number of carboxylic acid groups (broad SMARTS) is 1. The number of carbonyl (C=O) groups is 2. The van der Waals surface area contributed by atoms with Gasteiger partial charge in [-0.25, -0.2) is 0 Å². The van der Waals surface area contributed by atoms with Crippen LogP contribution in [0.15, 0.2) is 24.4 Å². The molecule has 128 valence electrons. The Morgan fingerprint density at radius 1 is 1.38 bits per heavy atom. The van der Waals surface area contributed by atoms with Gasteiger partial charge in [0.25, 0.3) is 0 Å². The number of fused-ring (bicyclic) bond motifs is 1. The molecule has 0 unspecified atom stereocenters. The molecule has 1 fully saturated rings. The molecule has 0 bridgehead atoms. The Morgan fingerprint density at radius 2 is 2.21 bits per heavy atom. The van der Waals surface area contributed by atoms with Crippen LogP contribution in [0.25, 0.3) is 10.9 Å². The predicted molar refractivity (Wildman–Crippen MR) is 92.9 cm³/mol. The molecule has 1 atom stereocenters. The number of piperidine rings is 1. The Labute approximate surface area is 141 Å². The van der Waals surface area contributed by atoms with E-state index in [4.69, 9.17) is 5.11 Å². The summed E-state index contributed by atoms with van der Waals surface area (Å²) in [4.78, 5) is 28.5. The van der Waals surface area contributed by atoms with Crippen molar-refractivity contribution in [2.24, 2.45) is 5.92 Å². The number of aliphatic carboxylic acids is 1. The second-order valence-electron chi connectivity index (χ2n) is 6.82. The van der Waals surface area contributed by atoms with Crippen LogP contribution in [-0.2, 0) is 16.0 Å². The summed E-state index contributed by atoms with van der Waals surface area (Å²) in [6, 6.07) is 6.22. The van der Waals surface area contributed by atoms with Gasteiger partial charge in [0.2, 0.25) is 5.91 Å². The van der Waals surface area contributed by atoms with Crippen LogP contribution in [0.4, 0.5) is 0 Å². The first-order valence-electron chi connectivity index (χ1n) is 8.59. The van der Waals surface area contributed by atoms with E-state index in [0.29, 0.717) is 25.3 Å². The molecule has 2 heterocycles. The van der Waals surface area contributed by atoms with Crippen molar-refractivity contribution in [2.45, 2.75) is 39.0 Å². The van der Waals surface area contributed by atoms with Crippen molar-refractivity contribution in [3.63, 3.8) is 0 Å². The Bertz CT molecular complexity index is 750. The van der Waals surface area contributed by atoms with Gasteiger partial charge in [-0.3, -0.25) is 9.59 Å². The molecule has 0 radical (unpaired) electrons. The van der Waals surface area contributed by atoms with Gasteiger partial charge in [-0.1, -0.05) is 12.1 Å². The highest BCUT2D eigenvalue weighted by Gasteiger charge is 2.24. The molecule has 1 aromatic heterocycles. The number of amides is 1. The summed E-state index contributed by atoms with van der Waals surface area (Å²) in [6.45, 7) is 3.52. The maximum absolute atomic E-state index is 12.7. The van der Waals surface area contributed by atoms with Crippen LogP contribution in [0.5, 0.6) is 0 Å². The molecule has 1 aromatic carbocycles. The van der Waals surface area contributed by atoms with Gasteiger partial charge >= 0.3 is 5.97 Å². The van der Waals surface area contributed by atoms with Crippen LogP contribution in [0.3, 0.4) is 0 Å². The zero-order chi connectivity index (χ0) is 17.1. The smallest absolute Gasteiger partial charge is 0.303 e. The number of hydrogen-bond donors (Lipinski definition) is 2. The van der Waals surface area contributed by atoms with Crippen molar-refractivity contribution in [1.29, 1.82) is 0 Å². The largest absolute Gasteiger partial charge is 0.481 e. The Hall–Kier alpha value is -2.30. The molecule has 3 rings (SSSR count). The standard InChI is InChI=1S/C19H24N2O3/c1-13-4-6-16-15(11-20-17(16)9-13)10-18(22)21-8-2-3-14(12-21)5-7-19(23)24/h4,6,9,11,14,20H,2-3,5,7-8,10,12H2,1H3,(H,23,24)/t14-/m0/s1. The molecule has 0 saturated carbocycles. The zero-order valence-corrected chi connectivity index (χ0v) is 14.0. The molecule has 1 amide bonds. The molecule has 1 saturated heterocycles. The summed E-state index contributed by atoms with van der Waals surface area (Å²) in [7, 11) is 0. The molecule has 2 aromatic rings. The number of hydrogen-bond acceptors (Lipinski definition) is 2. The number of carbonyl (C=O) groups excluding carboxylic acids is 1. The molecular formula is C19H24N2O3. The number of nitrogens with one attached hydrogen (secondary N) is 1. The topological polar surface area (TPSA) is 73.4 Å². The van der Waals surface area contributed by atoms with Gasteiger partial charge < -0.3 is 15.0 Å². The summed E-state index contributed by atoms with van der Waals surface area (Å²) < 4.78 is 0. The first kappa shape index (κ1) is 16.6. The van der Waals surface area contributed by atoms with Crippen LogP contribution >= 0.6 is 0 Å². The average molecular weight is 328 g/mol. The van der Waals surface area contributed by atoms with E-state index in [2.05, 4.69) is 30.1 Å². The van der Waals surface area contributed by atoms with Crippen molar-refractivity contribution in [3.8, 4) is 0 Å². The number of likely N-dealkylation sites (tertiary alicyclic amines) is 1. The van der Waals surface area contributed by atoms with Gasteiger partial charge in [-0.05, 0) is 49.3 Å². The minimum absolute atomic E-state index is 0.136. The van der Waals surface area contributed by atoms with Crippen LogP contribution in [0.1, 0.15) is 36.8 Å². The summed E-state index contributed by atoms with van der Waals surface area (Å²) in [5, 5.41) is 9.93. The fourth-order valence-electron chi connectivity index (χ4n) is 3.58. The van der Waals surface area contributed by atoms with Crippen molar-refractivity contribution in [1.82, 2.24) is 9.88 Å². The molecule has 24 heavy (non-hydrogen) atoms. The molecule has 0 aliphatic carbocycles. The molecular weight excluding hydrogens is 304 g/mol. The highest BCUT2D eigenvalue weighted by molar-refractivity contribution is 5.89. The summed E-state index contributed by atoms with van der Waals surface area (Å²) >= 11 is 0. The predicted octanol–water partition coefficient (Wildman–Crippen LogP) is 3.12. The van der Waals surface area contributed by atoms with E-state index in [1.54, 1.807) is 0 Å². The van der Waals surface area contributed by atoms with E-state index < -0.39 is 5.97 Å². The van der Waals surface area contributed by atoms with E-state index in [9.17, 15) is 9.59 Å². The number of benzene rings is 1. The molecule has 2 N–H and O–H groups in total. The minimum Gasteiger partial charge on any atom is -0.481 e. The molecule has 1 aliphatic heterocycles. The Kier molecular flexibility index (Phi) is 4.88. The van der Waals surface area contributed by atoms with Crippen LogP contribution in [0, 0.1) is 12.8 Å². The van der Waals surface area contributed by atoms with Crippen molar-refractivity contribution < 1.29 is 14.7 Å². The number of rotatable bonds is 5. The lowest BCUT2D eigenvalue weighted by Gasteiger charge is -2.32. The van der Waals surface area contributed by atoms with Crippen molar-refractivity contribution >= 4 is 22.8 Å². The summed E-state index contributed by atoms with van der Waals surface area (Å²) in [5.41, 5.74) is 3.29. The van der Waals surface area contributed by atoms with Gasteiger partial charge in [0.05, 0.1) is 6.42 Å². The molecule has 5 heteroatoms. The lowest BCUT2D eigenvalue weighted by molar-refractivity contribution is -0.137. The van der Waals surface area contributed by atoms with Gasteiger partial charge in [0, 0.05) is 36.6 Å². The van der Waals surface area contributed by atoms with E-state index in [-0.39, 0.29) is 12.3 Å². The number of aryl methyl sites for hydroxylation is 1. The van der Waals surface area contributed by atoms with Crippen LogP contribution < -0.4 is 0 Å². The summed E-state index contributed by atoms with van der Waals surface area (Å²) in [5.74, 6) is -0.312. The molecule has 1 aliphatic rings. The fraction of sp³-hybridized carbons (Fsp3) is 0.474. The number of aromatic nitrogens is 1. The van der Waals surface area contributed by atoms with Crippen LogP contribution in [0.2, 0.25) is 0 Å². The van der Waals surface area contributed by atoms with E-state index in [1.165, 1.54) is 5.56 Å². The van der Waals surface area contributed by atoms with Crippen molar-refractivity contribution in [3.05, 3.63) is 35.5 Å². The Balaban J connectivity index is 1.64. The number of carboxylic acids is 1. The summed E-state index contributed by atoms with van der Waals surface area (Å²) in [6.07, 6.45) is 5.15. The van der Waals surface area contributed by atoms with Gasteiger partial charge in [0.1, 0.15) is 0 Å². The second-order valence-corrected chi connectivity index (χ2v) is 6.82. The molecule has 0 spiro atoms. The third kappa shape index (κ3) is 3.78. The van der Waals surface area contributed by atoms with Gasteiger partial charge in [-0.2, -0.15) is 0 Å². The van der Waals surface area contributed by atoms with E-state index in [1.807, 2.05) is 11.1 Å². The highest BCUT2D eigenvalue weighted by atomic mass is 16.4. The SMILES string of the molecule is Cc1ccc2c(CC(=O)N3CCC[C@@H](CCC(=O)O)C3)c[nH]c2c1. The first-order chi connectivity index (χ1) is 11.5. The Morgan fingerprint density at radius 3 is 3.00 bits per heavy atom. The minimum atomic E-state index is -0.757. The number of nitrogens with zero attached hydrogens (tertiary/aromatic N) is 1. The first-order valence-corrected chi connectivity index (χ1v) is 8.59.